The van der Waals surface area contributed by atoms with E-state index in [4.69, 9.17) is 0 Å². The van der Waals surface area contributed by atoms with E-state index < -0.39 is 17.0 Å². The first-order valence-electron chi connectivity index (χ1n) is 12.3. The molecule has 1 aliphatic rings. The van der Waals surface area contributed by atoms with Crippen molar-refractivity contribution in [1.29, 1.82) is 5.26 Å². The number of benzene rings is 2. The van der Waals surface area contributed by atoms with Crippen LogP contribution >= 0.6 is 0 Å². The van der Waals surface area contributed by atoms with Gasteiger partial charge in [0.05, 0.1) is 18.0 Å². The van der Waals surface area contributed by atoms with Crippen molar-refractivity contribution in [2.24, 2.45) is 0 Å². The smallest absolute Gasteiger partial charge is 0.314 e. The lowest BCUT2D eigenvalue weighted by Gasteiger charge is -2.36. The summed E-state index contributed by atoms with van der Waals surface area (Å²) in [6, 6.07) is 15.5. The number of aromatic nitrogens is 2. The standard InChI is InChI=1S/C28H30F2N4O2/c1-20-17-33(18-21-6-3-2-4-7-21)27(36)34(26(20)35)15-5-14-32-23-10-12-28(19-31,13-11-23)24-9-8-22(29)16-25(24)30/h2-4,6-9,16-17,23,32H,5,10-15,18H2,1H3. The maximum Gasteiger partial charge on any atom is 0.331 e. The maximum absolute atomic E-state index is 14.4. The Labute approximate surface area is 208 Å². The van der Waals surface area contributed by atoms with Crippen LogP contribution in [0.25, 0.3) is 0 Å². The first-order valence-corrected chi connectivity index (χ1v) is 12.3. The van der Waals surface area contributed by atoms with Crippen molar-refractivity contribution in [3.05, 3.63) is 104 Å². The third kappa shape index (κ3) is 5.47. The second-order valence-corrected chi connectivity index (χ2v) is 9.57. The molecule has 1 N–H and O–H groups in total. The highest BCUT2D eigenvalue weighted by molar-refractivity contribution is 5.35. The third-order valence-electron chi connectivity index (χ3n) is 7.10. The predicted molar refractivity (Wildman–Crippen MR) is 134 cm³/mol. The predicted octanol–water partition coefficient (Wildman–Crippen LogP) is 4.03. The summed E-state index contributed by atoms with van der Waals surface area (Å²) in [4.78, 5) is 25.6. The van der Waals surface area contributed by atoms with Gasteiger partial charge in [-0.15, -0.1) is 0 Å². The Kier molecular flexibility index (Phi) is 7.80. The molecule has 2 aromatic carbocycles. The van der Waals surface area contributed by atoms with Gasteiger partial charge in [0.25, 0.3) is 5.56 Å². The monoisotopic (exact) mass is 492 g/mol. The van der Waals surface area contributed by atoms with Crippen molar-refractivity contribution in [3.63, 3.8) is 0 Å². The summed E-state index contributed by atoms with van der Waals surface area (Å²) in [6.07, 6.45) is 4.52. The molecule has 8 heteroatoms. The lowest BCUT2D eigenvalue weighted by molar-refractivity contribution is 0.288. The van der Waals surface area contributed by atoms with Crippen molar-refractivity contribution in [2.75, 3.05) is 6.54 Å². The topological polar surface area (TPSA) is 79.8 Å². The number of rotatable bonds is 8. The molecule has 1 aliphatic carbocycles. The fraction of sp³-hybridized carbons (Fsp3) is 0.393. The molecule has 6 nitrogen and oxygen atoms in total. The zero-order valence-corrected chi connectivity index (χ0v) is 20.3. The molecule has 1 heterocycles. The number of hydrogen-bond donors (Lipinski definition) is 1. The van der Waals surface area contributed by atoms with Gasteiger partial charge in [-0.2, -0.15) is 5.26 Å². The minimum Gasteiger partial charge on any atom is -0.314 e. The van der Waals surface area contributed by atoms with Crippen LogP contribution in [-0.4, -0.2) is 21.7 Å². The lowest BCUT2D eigenvalue weighted by atomic mass is 9.69. The zero-order chi connectivity index (χ0) is 25.7. The summed E-state index contributed by atoms with van der Waals surface area (Å²) in [5, 5.41) is 13.3. The number of nitriles is 1. The zero-order valence-electron chi connectivity index (χ0n) is 20.3. The van der Waals surface area contributed by atoms with Crippen LogP contribution in [0, 0.1) is 29.9 Å². The van der Waals surface area contributed by atoms with Gasteiger partial charge in [0.2, 0.25) is 0 Å². The fourth-order valence-electron chi connectivity index (χ4n) is 5.07. The van der Waals surface area contributed by atoms with Crippen LogP contribution in [0.1, 0.15) is 48.8 Å². The third-order valence-corrected chi connectivity index (χ3v) is 7.10. The van der Waals surface area contributed by atoms with Crippen LogP contribution in [-0.2, 0) is 18.5 Å². The van der Waals surface area contributed by atoms with Gasteiger partial charge in [-0.3, -0.25) is 13.9 Å². The van der Waals surface area contributed by atoms with Crippen LogP contribution in [0.5, 0.6) is 0 Å². The molecule has 1 saturated carbocycles. The molecule has 188 valence electrons. The fourth-order valence-corrected chi connectivity index (χ4v) is 5.07. The van der Waals surface area contributed by atoms with Crippen molar-refractivity contribution >= 4 is 0 Å². The Balaban J connectivity index is 1.34. The van der Waals surface area contributed by atoms with E-state index in [0.717, 1.165) is 11.6 Å². The molecule has 4 rings (SSSR count). The highest BCUT2D eigenvalue weighted by Crippen LogP contribution is 2.40. The molecule has 0 radical (unpaired) electrons. The number of halogens is 2. The van der Waals surface area contributed by atoms with E-state index >= 15 is 0 Å². The van der Waals surface area contributed by atoms with Crippen molar-refractivity contribution in [2.45, 2.75) is 63.6 Å². The number of hydrogen-bond acceptors (Lipinski definition) is 4. The van der Waals surface area contributed by atoms with E-state index in [1.165, 1.54) is 16.7 Å². The minimum atomic E-state index is -0.950. The second-order valence-electron chi connectivity index (χ2n) is 9.57. The van der Waals surface area contributed by atoms with Crippen LogP contribution in [0.4, 0.5) is 8.78 Å². The molecular formula is C28H30F2N4O2. The van der Waals surface area contributed by atoms with Gasteiger partial charge >= 0.3 is 5.69 Å². The Hall–Kier alpha value is -3.57. The van der Waals surface area contributed by atoms with Gasteiger partial charge in [0.1, 0.15) is 11.6 Å². The molecule has 1 aromatic heterocycles. The average Bonchev–Trinajstić information content (AvgIpc) is 2.88. The normalized spacial score (nSPS) is 19.7. The first-order chi connectivity index (χ1) is 17.3. The molecule has 0 atom stereocenters. The van der Waals surface area contributed by atoms with Crippen LogP contribution in [0.2, 0.25) is 0 Å². The summed E-state index contributed by atoms with van der Waals surface area (Å²) < 4.78 is 30.5. The molecule has 0 unspecified atom stereocenters. The highest BCUT2D eigenvalue weighted by Gasteiger charge is 2.39. The van der Waals surface area contributed by atoms with E-state index in [1.54, 1.807) is 17.7 Å². The largest absolute Gasteiger partial charge is 0.331 e. The summed E-state index contributed by atoms with van der Waals surface area (Å²) in [7, 11) is 0. The molecule has 3 aromatic rings. The van der Waals surface area contributed by atoms with E-state index in [0.29, 0.717) is 57.3 Å². The van der Waals surface area contributed by atoms with Gasteiger partial charge < -0.3 is 5.32 Å². The van der Waals surface area contributed by atoms with Crippen LogP contribution in [0.15, 0.2) is 64.3 Å². The average molecular weight is 493 g/mol. The molecule has 0 amide bonds. The van der Waals surface area contributed by atoms with Gasteiger partial charge in [-0.05, 0) is 57.2 Å². The molecule has 1 fully saturated rings. The van der Waals surface area contributed by atoms with Crippen LogP contribution in [0.3, 0.4) is 0 Å². The first kappa shape index (κ1) is 25.5. The molecule has 0 bridgehead atoms. The quantitative estimate of drug-likeness (QED) is 0.482. The number of aryl methyl sites for hydroxylation is 1. The Bertz CT molecular complexity index is 1370. The van der Waals surface area contributed by atoms with E-state index in [1.807, 2.05) is 30.3 Å². The Morgan fingerprint density at radius 1 is 1.11 bits per heavy atom. The number of nitrogens with zero attached hydrogens (tertiary/aromatic N) is 3. The van der Waals surface area contributed by atoms with E-state index in [2.05, 4.69) is 11.4 Å². The summed E-state index contributed by atoms with van der Waals surface area (Å²) in [6.45, 7) is 3.02. The van der Waals surface area contributed by atoms with Crippen molar-refractivity contribution in [1.82, 2.24) is 14.5 Å². The lowest BCUT2D eigenvalue weighted by Crippen LogP contribution is -2.42. The summed E-state index contributed by atoms with van der Waals surface area (Å²) in [5.41, 5.74) is 0.211. The van der Waals surface area contributed by atoms with Gasteiger partial charge in [-0.1, -0.05) is 36.4 Å². The molecule has 0 saturated heterocycles. The van der Waals surface area contributed by atoms with Crippen molar-refractivity contribution in [3.8, 4) is 6.07 Å². The maximum atomic E-state index is 14.4. The van der Waals surface area contributed by atoms with Crippen LogP contribution < -0.4 is 16.6 Å². The summed E-state index contributed by atoms with van der Waals surface area (Å²) in [5.74, 6) is -1.33. The van der Waals surface area contributed by atoms with Gasteiger partial charge in [0, 0.05) is 36.0 Å². The highest BCUT2D eigenvalue weighted by atomic mass is 19.1. The Morgan fingerprint density at radius 2 is 1.83 bits per heavy atom. The molecular weight excluding hydrogens is 462 g/mol. The van der Waals surface area contributed by atoms with Crippen molar-refractivity contribution < 1.29 is 8.78 Å². The summed E-state index contributed by atoms with van der Waals surface area (Å²) >= 11 is 0. The minimum absolute atomic E-state index is 0.152. The molecule has 0 spiro atoms. The van der Waals surface area contributed by atoms with Gasteiger partial charge in [0.15, 0.2) is 0 Å². The van der Waals surface area contributed by atoms with Gasteiger partial charge in [-0.25, -0.2) is 13.6 Å². The van der Waals surface area contributed by atoms with E-state index in [9.17, 15) is 23.6 Å². The molecule has 0 aliphatic heterocycles. The second kappa shape index (κ2) is 11.0. The Morgan fingerprint density at radius 3 is 2.50 bits per heavy atom. The SMILES string of the molecule is Cc1cn(Cc2ccccc2)c(=O)n(CCCNC2CCC(C#N)(c3ccc(F)cc3F)CC2)c1=O. The number of nitrogens with one attached hydrogen (secondary N) is 1. The molecule has 36 heavy (non-hydrogen) atoms. The van der Waals surface area contributed by atoms with E-state index in [-0.39, 0.29) is 22.9 Å².